The SMILES string of the molecule is CC(=O)O[C@H]1C[C@H](n2ccc(N)nc2=O)O[C@@H]1CO. The molecular weight excluding hydrogens is 254 g/mol. The smallest absolute Gasteiger partial charge is 0.351 e. The molecule has 0 spiro atoms. The summed E-state index contributed by atoms with van der Waals surface area (Å²) in [5, 5.41) is 9.19. The minimum absolute atomic E-state index is 0.120. The summed E-state index contributed by atoms with van der Waals surface area (Å²) in [6.45, 7) is 0.976. The number of anilines is 1. The van der Waals surface area contributed by atoms with Crippen LogP contribution in [0.15, 0.2) is 17.1 Å². The Morgan fingerprint density at radius 2 is 2.47 bits per heavy atom. The highest BCUT2D eigenvalue weighted by molar-refractivity contribution is 5.66. The molecule has 1 aromatic rings. The number of esters is 1. The minimum Gasteiger partial charge on any atom is -0.460 e. The molecule has 0 aliphatic carbocycles. The van der Waals surface area contributed by atoms with Crippen LogP contribution in [0, 0.1) is 0 Å². The first kappa shape index (κ1) is 13.5. The van der Waals surface area contributed by atoms with Gasteiger partial charge in [0, 0.05) is 19.5 Å². The summed E-state index contributed by atoms with van der Waals surface area (Å²) in [5.74, 6) is -0.343. The van der Waals surface area contributed by atoms with Gasteiger partial charge in [-0.15, -0.1) is 0 Å². The number of rotatable bonds is 3. The molecule has 8 nitrogen and oxygen atoms in total. The van der Waals surface area contributed by atoms with Crippen molar-refractivity contribution in [3.05, 3.63) is 22.7 Å². The van der Waals surface area contributed by atoms with Gasteiger partial charge in [-0.25, -0.2) is 4.79 Å². The Labute approximate surface area is 108 Å². The van der Waals surface area contributed by atoms with Crippen molar-refractivity contribution in [1.29, 1.82) is 0 Å². The Morgan fingerprint density at radius 1 is 1.74 bits per heavy atom. The number of nitrogens with zero attached hydrogens (tertiary/aromatic N) is 2. The summed E-state index contributed by atoms with van der Waals surface area (Å²) in [6, 6.07) is 1.47. The van der Waals surface area contributed by atoms with Gasteiger partial charge in [0.2, 0.25) is 0 Å². The fraction of sp³-hybridized carbons (Fsp3) is 0.545. The van der Waals surface area contributed by atoms with Gasteiger partial charge in [0.05, 0.1) is 6.61 Å². The van der Waals surface area contributed by atoms with Crippen LogP contribution in [0.25, 0.3) is 0 Å². The number of hydrogen-bond donors (Lipinski definition) is 2. The average Bonchev–Trinajstić information content (AvgIpc) is 2.71. The highest BCUT2D eigenvalue weighted by Crippen LogP contribution is 2.29. The lowest BCUT2D eigenvalue weighted by Gasteiger charge is -2.15. The molecule has 1 aromatic heterocycles. The molecule has 104 valence electrons. The van der Waals surface area contributed by atoms with Crippen molar-refractivity contribution in [1.82, 2.24) is 9.55 Å². The summed E-state index contributed by atoms with van der Waals surface area (Å²) in [4.78, 5) is 26.2. The van der Waals surface area contributed by atoms with Crippen LogP contribution in [-0.4, -0.2) is 39.4 Å². The topological polar surface area (TPSA) is 117 Å². The molecule has 0 amide bonds. The summed E-state index contributed by atoms with van der Waals surface area (Å²) >= 11 is 0. The zero-order valence-electron chi connectivity index (χ0n) is 10.4. The molecule has 0 saturated carbocycles. The number of nitrogen functional groups attached to an aromatic ring is 1. The molecule has 1 fully saturated rings. The highest BCUT2D eigenvalue weighted by Gasteiger charge is 2.38. The van der Waals surface area contributed by atoms with Crippen molar-refractivity contribution >= 4 is 11.8 Å². The largest absolute Gasteiger partial charge is 0.460 e. The number of carbonyl (C=O) groups excluding carboxylic acids is 1. The van der Waals surface area contributed by atoms with Crippen LogP contribution in [0.3, 0.4) is 0 Å². The molecule has 3 N–H and O–H groups in total. The molecule has 0 bridgehead atoms. The van der Waals surface area contributed by atoms with Crippen molar-refractivity contribution in [2.45, 2.75) is 31.8 Å². The third-order valence-electron chi connectivity index (χ3n) is 2.84. The van der Waals surface area contributed by atoms with Crippen LogP contribution < -0.4 is 11.4 Å². The number of aliphatic hydroxyl groups is 1. The number of ether oxygens (including phenoxy) is 2. The summed E-state index contributed by atoms with van der Waals surface area (Å²) in [5.41, 5.74) is 4.85. The van der Waals surface area contributed by atoms with E-state index < -0.39 is 30.1 Å². The third kappa shape index (κ3) is 2.91. The lowest BCUT2D eigenvalue weighted by atomic mass is 10.2. The first-order valence-electron chi connectivity index (χ1n) is 5.79. The Kier molecular flexibility index (Phi) is 3.82. The minimum atomic E-state index is -0.654. The van der Waals surface area contributed by atoms with E-state index in [0.29, 0.717) is 0 Å². The number of aromatic nitrogens is 2. The van der Waals surface area contributed by atoms with Crippen molar-refractivity contribution in [2.75, 3.05) is 12.3 Å². The zero-order valence-corrected chi connectivity index (χ0v) is 10.4. The maximum Gasteiger partial charge on any atom is 0.351 e. The fourth-order valence-electron chi connectivity index (χ4n) is 2.02. The van der Waals surface area contributed by atoms with Crippen molar-refractivity contribution in [2.24, 2.45) is 0 Å². The van der Waals surface area contributed by atoms with Gasteiger partial charge in [0.15, 0.2) is 0 Å². The Bertz CT molecular complexity index is 529. The molecule has 8 heteroatoms. The van der Waals surface area contributed by atoms with Gasteiger partial charge in [-0.2, -0.15) is 4.98 Å². The van der Waals surface area contributed by atoms with E-state index in [0.717, 1.165) is 0 Å². The number of hydrogen-bond acceptors (Lipinski definition) is 7. The first-order chi connectivity index (χ1) is 9.01. The number of nitrogens with two attached hydrogens (primary N) is 1. The summed E-state index contributed by atoms with van der Waals surface area (Å²) < 4.78 is 11.8. The second-order valence-electron chi connectivity index (χ2n) is 4.24. The third-order valence-corrected chi connectivity index (χ3v) is 2.84. The molecule has 1 aliphatic rings. The van der Waals surface area contributed by atoms with E-state index in [-0.39, 0.29) is 18.8 Å². The van der Waals surface area contributed by atoms with E-state index in [9.17, 15) is 14.7 Å². The second kappa shape index (κ2) is 5.37. The van der Waals surface area contributed by atoms with Gasteiger partial charge in [0.1, 0.15) is 24.3 Å². The first-order valence-corrected chi connectivity index (χ1v) is 5.79. The van der Waals surface area contributed by atoms with Gasteiger partial charge >= 0.3 is 11.7 Å². The van der Waals surface area contributed by atoms with Crippen molar-refractivity contribution in [3.63, 3.8) is 0 Å². The van der Waals surface area contributed by atoms with E-state index in [4.69, 9.17) is 15.2 Å². The molecule has 0 aromatic carbocycles. The van der Waals surface area contributed by atoms with Crippen molar-refractivity contribution in [3.8, 4) is 0 Å². The van der Waals surface area contributed by atoms with Crippen LogP contribution in [-0.2, 0) is 14.3 Å². The lowest BCUT2D eigenvalue weighted by Crippen LogP contribution is -2.29. The summed E-state index contributed by atoms with van der Waals surface area (Å²) in [7, 11) is 0. The average molecular weight is 269 g/mol. The van der Waals surface area contributed by atoms with E-state index in [1.54, 1.807) is 0 Å². The Hall–Kier alpha value is -1.93. The van der Waals surface area contributed by atoms with E-state index >= 15 is 0 Å². The lowest BCUT2D eigenvalue weighted by molar-refractivity contribution is -0.150. The molecule has 1 saturated heterocycles. The van der Waals surface area contributed by atoms with Crippen molar-refractivity contribution < 1.29 is 19.4 Å². The molecule has 2 rings (SSSR count). The normalized spacial score (nSPS) is 26.3. The van der Waals surface area contributed by atoms with Crippen LogP contribution in [0.5, 0.6) is 0 Å². The van der Waals surface area contributed by atoms with Crippen LogP contribution >= 0.6 is 0 Å². The van der Waals surface area contributed by atoms with Crippen LogP contribution in [0.2, 0.25) is 0 Å². The van der Waals surface area contributed by atoms with E-state index in [1.807, 2.05) is 0 Å². The number of carbonyl (C=O) groups is 1. The quantitative estimate of drug-likeness (QED) is 0.678. The van der Waals surface area contributed by atoms with Gasteiger partial charge in [-0.05, 0) is 6.07 Å². The predicted octanol–water partition coefficient (Wildman–Crippen LogP) is -0.963. The second-order valence-corrected chi connectivity index (χ2v) is 4.24. The van der Waals surface area contributed by atoms with E-state index in [1.165, 1.54) is 23.8 Å². The van der Waals surface area contributed by atoms with Gasteiger partial charge < -0.3 is 20.3 Å². The predicted molar refractivity (Wildman–Crippen MR) is 64.1 cm³/mol. The van der Waals surface area contributed by atoms with E-state index in [2.05, 4.69) is 4.98 Å². The zero-order chi connectivity index (χ0) is 14.0. The Morgan fingerprint density at radius 3 is 3.05 bits per heavy atom. The van der Waals surface area contributed by atoms with Crippen LogP contribution in [0.1, 0.15) is 19.6 Å². The monoisotopic (exact) mass is 269 g/mol. The molecule has 2 heterocycles. The molecule has 1 aliphatic heterocycles. The molecule has 19 heavy (non-hydrogen) atoms. The summed E-state index contributed by atoms with van der Waals surface area (Å²) in [6.07, 6.45) is -0.145. The Balaban J connectivity index is 2.19. The standard InChI is InChI=1S/C11H15N3O5/c1-6(16)18-7-4-10(19-8(7)5-15)14-3-2-9(12)13-11(14)17/h2-3,7-8,10,15H,4-5H2,1H3,(H2,12,13,17)/t7-,8+,10+/m0/s1. The van der Waals surface area contributed by atoms with Gasteiger partial charge in [-0.1, -0.05) is 0 Å². The maximum atomic E-state index is 11.7. The van der Waals surface area contributed by atoms with Gasteiger partial charge in [0.25, 0.3) is 0 Å². The van der Waals surface area contributed by atoms with Gasteiger partial charge in [-0.3, -0.25) is 9.36 Å². The molecule has 0 radical (unpaired) electrons. The highest BCUT2D eigenvalue weighted by atomic mass is 16.6. The molecular formula is C11H15N3O5. The molecule has 0 unspecified atom stereocenters. The number of aliphatic hydroxyl groups excluding tert-OH is 1. The maximum absolute atomic E-state index is 11.7. The molecule has 3 atom stereocenters. The fourth-order valence-corrected chi connectivity index (χ4v) is 2.02. The van der Waals surface area contributed by atoms with Crippen LogP contribution in [0.4, 0.5) is 5.82 Å².